The van der Waals surface area contributed by atoms with Crippen molar-refractivity contribution in [3.05, 3.63) is 23.5 Å². The Kier molecular flexibility index (Phi) is 5.37. The van der Waals surface area contributed by atoms with Crippen LogP contribution >= 0.6 is 0 Å². The van der Waals surface area contributed by atoms with Gasteiger partial charge in [-0.05, 0) is 38.8 Å². The van der Waals surface area contributed by atoms with Crippen LogP contribution in [0, 0.1) is 6.92 Å². The van der Waals surface area contributed by atoms with Gasteiger partial charge in [0.2, 0.25) is 5.95 Å². The van der Waals surface area contributed by atoms with Gasteiger partial charge in [0.1, 0.15) is 11.8 Å². The minimum absolute atomic E-state index is 0.143. The molecule has 7 nitrogen and oxygen atoms in total. The molecule has 27 heavy (non-hydrogen) atoms. The molecule has 3 unspecified atom stereocenters. The maximum atomic E-state index is 14.5. The Morgan fingerprint density at radius 3 is 2.93 bits per heavy atom. The molecule has 1 saturated heterocycles. The summed E-state index contributed by atoms with van der Waals surface area (Å²) < 4.78 is 27.0. The number of ether oxygens (including phenoxy) is 2. The smallest absolute Gasteiger partial charge is 0.303 e. The zero-order chi connectivity index (χ0) is 19.8. The lowest BCUT2D eigenvalue weighted by molar-refractivity contribution is -0.153. The van der Waals surface area contributed by atoms with E-state index in [9.17, 15) is 9.18 Å². The molecule has 2 aromatic heterocycles. The number of anilines is 1. The number of esters is 1. The number of hydrogen-bond acceptors (Lipinski definition) is 6. The number of halogens is 1. The van der Waals surface area contributed by atoms with Crippen molar-refractivity contribution >= 4 is 17.4 Å². The van der Waals surface area contributed by atoms with Crippen LogP contribution in [0.3, 0.4) is 0 Å². The fraction of sp³-hybridized carbons (Fsp3) is 0.632. The van der Waals surface area contributed by atoms with Gasteiger partial charge in [-0.15, -0.1) is 5.10 Å². The normalized spacial score (nSPS) is 21.9. The van der Waals surface area contributed by atoms with Crippen molar-refractivity contribution < 1.29 is 18.7 Å². The van der Waals surface area contributed by atoms with Gasteiger partial charge in [0.05, 0.1) is 24.4 Å². The number of carbonyl (C=O) groups excluding carboxylic acids is 1. The molecule has 0 bridgehead atoms. The third kappa shape index (κ3) is 4.21. The van der Waals surface area contributed by atoms with Crippen LogP contribution in [0.15, 0.2) is 12.3 Å². The minimum atomic E-state index is -1.37. The monoisotopic (exact) mass is 378 g/mol. The maximum absolute atomic E-state index is 14.5. The highest BCUT2D eigenvalue weighted by molar-refractivity contribution is 5.66. The average Bonchev–Trinajstić information content (AvgIpc) is 2.91. The van der Waals surface area contributed by atoms with Gasteiger partial charge in [-0.1, -0.05) is 6.92 Å². The minimum Gasteiger partial charge on any atom is -0.458 e. The van der Waals surface area contributed by atoms with Crippen LogP contribution in [0.4, 0.5) is 10.3 Å². The summed E-state index contributed by atoms with van der Waals surface area (Å²) in [7, 11) is 0. The molecule has 0 aliphatic carbocycles. The molecule has 0 saturated carbocycles. The Labute approximate surface area is 158 Å². The Morgan fingerprint density at radius 2 is 2.26 bits per heavy atom. The van der Waals surface area contributed by atoms with Crippen molar-refractivity contribution in [1.29, 1.82) is 0 Å². The molecule has 8 heteroatoms. The predicted molar refractivity (Wildman–Crippen MR) is 99.7 cm³/mol. The number of aryl methyl sites for hydroxylation is 1. The molecular formula is C19H27FN4O3. The van der Waals surface area contributed by atoms with Crippen LogP contribution in [0.5, 0.6) is 0 Å². The molecule has 0 spiro atoms. The highest BCUT2D eigenvalue weighted by atomic mass is 19.1. The molecule has 148 valence electrons. The highest BCUT2D eigenvalue weighted by Gasteiger charge is 2.31. The number of fused-ring (bicyclic) bond motifs is 1. The summed E-state index contributed by atoms with van der Waals surface area (Å²) in [6.45, 7) is 9.23. The van der Waals surface area contributed by atoms with Gasteiger partial charge in [0, 0.05) is 25.1 Å². The van der Waals surface area contributed by atoms with Gasteiger partial charge in [-0.2, -0.15) is 0 Å². The first-order valence-electron chi connectivity index (χ1n) is 9.22. The second-order valence-electron chi connectivity index (χ2n) is 7.68. The molecule has 0 radical (unpaired) electrons. The second-order valence-corrected chi connectivity index (χ2v) is 7.68. The molecule has 1 fully saturated rings. The van der Waals surface area contributed by atoms with Gasteiger partial charge in [-0.3, -0.25) is 4.79 Å². The molecule has 3 heterocycles. The van der Waals surface area contributed by atoms with Gasteiger partial charge in [0.15, 0.2) is 0 Å². The molecule has 1 aliphatic heterocycles. The van der Waals surface area contributed by atoms with E-state index in [2.05, 4.69) is 15.4 Å². The molecule has 2 aromatic rings. The molecule has 1 aliphatic rings. The fourth-order valence-corrected chi connectivity index (χ4v) is 3.27. The lowest BCUT2D eigenvalue weighted by Gasteiger charge is -2.31. The zero-order valence-electron chi connectivity index (χ0n) is 16.5. The SMILES string of the molecule is CC(=O)OC1COCCC1Nc1ncc2c(C)cc(C(C)C(C)(C)F)n2n1. The third-order valence-corrected chi connectivity index (χ3v) is 5.15. The van der Waals surface area contributed by atoms with Crippen molar-refractivity contribution in [3.63, 3.8) is 0 Å². The number of rotatable bonds is 5. The predicted octanol–water partition coefficient (Wildman–Crippen LogP) is 3.02. The van der Waals surface area contributed by atoms with Crippen molar-refractivity contribution in [3.8, 4) is 0 Å². The Morgan fingerprint density at radius 1 is 1.52 bits per heavy atom. The van der Waals surface area contributed by atoms with Crippen LogP contribution in [-0.2, 0) is 14.3 Å². The zero-order valence-corrected chi connectivity index (χ0v) is 16.5. The van der Waals surface area contributed by atoms with Crippen molar-refractivity contribution in [2.24, 2.45) is 0 Å². The van der Waals surface area contributed by atoms with Crippen LogP contribution in [-0.4, -0.2) is 51.6 Å². The molecule has 0 aromatic carbocycles. The Bertz CT molecular complexity index is 830. The van der Waals surface area contributed by atoms with E-state index >= 15 is 0 Å². The molecule has 3 rings (SSSR count). The summed E-state index contributed by atoms with van der Waals surface area (Å²) in [4.78, 5) is 15.7. The number of nitrogens with zero attached hydrogens (tertiary/aromatic N) is 3. The van der Waals surface area contributed by atoms with Crippen LogP contribution < -0.4 is 5.32 Å². The fourth-order valence-electron chi connectivity index (χ4n) is 3.27. The first kappa shape index (κ1) is 19.5. The maximum Gasteiger partial charge on any atom is 0.303 e. The number of aromatic nitrogens is 3. The number of nitrogens with one attached hydrogen (secondary N) is 1. The van der Waals surface area contributed by atoms with Crippen LogP contribution in [0.2, 0.25) is 0 Å². The lowest BCUT2D eigenvalue weighted by atomic mass is 9.91. The van der Waals surface area contributed by atoms with Crippen LogP contribution in [0.25, 0.3) is 5.52 Å². The van der Waals surface area contributed by atoms with E-state index in [4.69, 9.17) is 9.47 Å². The van der Waals surface area contributed by atoms with E-state index in [0.29, 0.717) is 25.6 Å². The summed E-state index contributed by atoms with van der Waals surface area (Å²) in [5, 5.41) is 7.83. The first-order valence-corrected chi connectivity index (χ1v) is 9.22. The summed E-state index contributed by atoms with van der Waals surface area (Å²) in [5.41, 5.74) is 1.26. The summed E-state index contributed by atoms with van der Waals surface area (Å²) in [6, 6.07) is 1.81. The summed E-state index contributed by atoms with van der Waals surface area (Å²) in [6.07, 6.45) is 2.00. The molecule has 3 atom stereocenters. The van der Waals surface area contributed by atoms with Crippen molar-refractivity contribution in [1.82, 2.24) is 14.6 Å². The molecule has 0 amide bonds. The topological polar surface area (TPSA) is 77.8 Å². The molecular weight excluding hydrogens is 351 g/mol. The van der Waals surface area contributed by atoms with E-state index in [1.165, 1.54) is 6.92 Å². The van der Waals surface area contributed by atoms with E-state index in [1.807, 2.05) is 19.9 Å². The van der Waals surface area contributed by atoms with E-state index in [-0.39, 0.29) is 17.9 Å². The Hall–Kier alpha value is -2.22. The summed E-state index contributed by atoms with van der Waals surface area (Å²) >= 11 is 0. The number of carbonyl (C=O) groups is 1. The first-order chi connectivity index (χ1) is 12.7. The summed E-state index contributed by atoms with van der Waals surface area (Å²) in [5.74, 6) is -0.276. The highest BCUT2D eigenvalue weighted by Crippen LogP contribution is 2.33. The number of hydrogen-bond donors (Lipinski definition) is 1. The molecule has 1 N–H and O–H groups in total. The van der Waals surface area contributed by atoms with Gasteiger partial charge in [0.25, 0.3) is 0 Å². The standard InChI is InChI=1S/C19H27FN4O3/c1-11-8-15(12(2)19(4,5)20)24-16(11)9-21-18(23-24)22-14-6-7-26-10-17(14)27-13(3)25/h8-9,12,14,17H,6-7,10H2,1-5H3,(H,22,23). The largest absolute Gasteiger partial charge is 0.458 e. The second kappa shape index (κ2) is 7.42. The van der Waals surface area contributed by atoms with Crippen LogP contribution in [0.1, 0.15) is 51.3 Å². The average molecular weight is 378 g/mol. The Balaban J connectivity index is 1.90. The third-order valence-electron chi connectivity index (χ3n) is 5.15. The number of alkyl halides is 1. The van der Waals surface area contributed by atoms with E-state index < -0.39 is 11.8 Å². The van der Waals surface area contributed by atoms with Gasteiger partial charge >= 0.3 is 5.97 Å². The lowest BCUT2D eigenvalue weighted by Crippen LogP contribution is -2.44. The van der Waals surface area contributed by atoms with E-state index in [1.54, 1.807) is 24.6 Å². The van der Waals surface area contributed by atoms with Gasteiger partial charge < -0.3 is 14.8 Å². The van der Waals surface area contributed by atoms with E-state index in [0.717, 1.165) is 16.8 Å². The quantitative estimate of drug-likeness (QED) is 0.806. The van der Waals surface area contributed by atoms with Crippen molar-refractivity contribution in [2.75, 3.05) is 18.5 Å². The van der Waals surface area contributed by atoms with Gasteiger partial charge in [-0.25, -0.2) is 13.9 Å². The van der Waals surface area contributed by atoms with Crippen molar-refractivity contribution in [2.45, 2.75) is 64.8 Å².